The molecule has 0 bridgehead atoms. The number of carbonyl (C=O) groups is 2. The van der Waals surface area contributed by atoms with Crippen molar-refractivity contribution in [3.63, 3.8) is 0 Å². The lowest BCUT2D eigenvalue weighted by molar-refractivity contribution is -0.133. The lowest BCUT2D eigenvalue weighted by Gasteiger charge is -2.28. The molecular weight excluding hydrogens is 558 g/mol. The highest BCUT2D eigenvalue weighted by atomic mass is 35.5. The number of fused-ring (bicyclic) bond motifs is 1. The molecule has 224 valence electrons. The van der Waals surface area contributed by atoms with Gasteiger partial charge in [0.25, 0.3) is 5.91 Å². The van der Waals surface area contributed by atoms with Gasteiger partial charge in [-0.2, -0.15) is 0 Å². The number of halogens is 1. The second kappa shape index (κ2) is 15.1. The standard InChI is InChI=1S/C36H40ClN3O3/c1-2-27(28-11-7-4-8-12-28)24-40-19-17-33(39-34(36(40)42)18-20-43-25-26-9-5-3-6-10-26)23-38-35(41)31-14-13-30-22-32(37)16-15-29(30)21-31/h3-16,21-22,27,33-34,39H,2,17-20,23-25H2,1H3,(H,38,41)/t27-,33+,34+/m1/s1. The van der Waals surface area contributed by atoms with Crippen LogP contribution in [0.3, 0.4) is 0 Å². The van der Waals surface area contributed by atoms with Gasteiger partial charge in [0.05, 0.1) is 12.6 Å². The van der Waals surface area contributed by atoms with Crippen LogP contribution in [-0.4, -0.2) is 55.0 Å². The average Bonchev–Trinajstić information content (AvgIpc) is 3.19. The summed E-state index contributed by atoms with van der Waals surface area (Å²) in [4.78, 5) is 29.0. The number of carbonyl (C=O) groups excluding carboxylic acids is 2. The quantitative estimate of drug-likeness (QED) is 0.181. The van der Waals surface area contributed by atoms with Gasteiger partial charge in [0.15, 0.2) is 0 Å². The van der Waals surface area contributed by atoms with Crippen molar-refractivity contribution >= 4 is 34.2 Å². The van der Waals surface area contributed by atoms with Crippen LogP contribution in [0.5, 0.6) is 0 Å². The topological polar surface area (TPSA) is 70.7 Å². The number of nitrogens with zero attached hydrogens (tertiary/aromatic N) is 1. The van der Waals surface area contributed by atoms with Crippen molar-refractivity contribution in [3.8, 4) is 0 Å². The molecule has 0 aromatic heterocycles. The number of benzene rings is 4. The number of nitrogens with one attached hydrogen (secondary N) is 2. The molecule has 2 N–H and O–H groups in total. The summed E-state index contributed by atoms with van der Waals surface area (Å²) in [5.41, 5.74) is 2.95. The molecule has 43 heavy (non-hydrogen) atoms. The summed E-state index contributed by atoms with van der Waals surface area (Å²) < 4.78 is 5.96. The van der Waals surface area contributed by atoms with Crippen LogP contribution in [0.1, 0.15) is 53.6 Å². The average molecular weight is 598 g/mol. The normalized spacial score (nSPS) is 17.9. The highest BCUT2D eigenvalue weighted by molar-refractivity contribution is 6.31. The van der Waals surface area contributed by atoms with Crippen molar-refractivity contribution in [2.24, 2.45) is 0 Å². The Morgan fingerprint density at radius 3 is 2.49 bits per heavy atom. The van der Waals surface area contributed by atoms with E-state index in [0.29, 0.717) is 49.9 Å². The maximum atomic E-state index is 13.9. The Balaban J connectivity index is 1.24. The van der Waals surface area contributed by atoms with E-state index in [4.69, 9.17) is 16.3 Å². The molecule has 7 heteroatoms. The van der Waals surface area contributed by atoms with Crippen molar-refractivity contribution < 1.29 is 14.3 Å². The van der Waals surface area contributed by atoms with E-state index in [1.807, 2.05) is 77.7 Å². The molecule has 4 aromatic rings. The van der Waals surface area contributed by atoms with Crippen LogP contribution >= 0.6 is 11.6 Å². The van der Waals surface area contributed by atoms with E-state index < -0.39 is 0 Å². The Morgan fingerprint density at radius 2 is 1.72 bits per heavy atom. The molecule has 4 aromatic carbocycles. The Hall–Kier alpha value is -3.71. The summed E-state index contributed by atoms with van der Waals surface area (Å²) in [5.74, 6) is 0.225. The van der Waals surface area contributed by atoms with Crippen molar-refractivity contribution in [2.75, 3.05) is 26.2 Å². The fourth-order valence-corrected chi connectivity index (χ4v) is 5.91. The van der Waals surface area contributed by atoms with Crippen molar-refractivity contribution in [1.29, 1.82) is 0 Å². The first-order valence-electron chi connectivity index (χ1n) is 15.2. The second-order valence-electron chi connectivity index (χ2n) is 11.2. The van der Waals surface area contributed by atoms with Crippen LogP contribution in [0.25, 0.3) is 10.8 Å². The summed E-state index contributed by atoms with van der Waals surface area (Å²) in [7, 11) is 0. The Kier molecular flexibility index (Phi) is 10.8. The van der Waals surface area contributed by atoms with Crippen LogP contribution in [0.15, 0.2) is 97.1 Å². The third kappa shape index (κ3) is 8.44. The number of amides is 2. The highest BCUT2D eigenvalue weighted by Crippen LogP contribution is 2.23. The lowest BCUT2D eigenvalue weighted by atomic mass is 9.95. The Labute approximate surface area is 259 Å². The molecule has 0 unspecified atom stereocenters. The molecule has 0 spiro atoms. The Morgan fingerprint density at radius 1 is 1.00 bits per heavy atom. The monoisotopic (exact) mass is 597 g/mol. The van der Waals surface area contributed by atoms with Crippen molar-refractivity contribution in [3.05, 3.63) is 119 Å². The minimum Gasteiger partial charge on any atom is -0.377 e. The second-order valence-corrected chi connectivity index (χ2v) is 11.7. The molecule has 0 radical (unpaired) electrons. The van der Waals surface area contributed by atoms with E-state index in [1.54, 1.807) is 0 Å². The summed E-state index contributed by atoms with van der Waals surface area (Å²) >= 11 is 6.12. The smallest absolute Gasteiger partial charge is 0.251 e. The SMILES string of the molecule is CC[C@H](CN1CC[C@@H](CNC(=O)c2ccc3cc(Cl)ccc3c2)N[C@@H](CCOCc2ccccc2)C1=O)c1ccccc1. The van der Waals surface area contributed by atoms with Gasteiger partial charge in [0.2, 0.25) is 5.91 Å². The molecule has 2 amide bonds. The van der Waals surface area contributed by atoms with Crippen LogP contribution < -0.4 is 10.6 Å². The van der Waals surface area contributed by atoms with E-state index in [9.17, 15) is 9.59 Å². The first-order valence-corrected chi connectivity index (χ1v) is 15.6. The number of ether oxygens (including phenoxy) is 1. The molecular formula is C36H40ClN3O3. The summed E-state index contributed by atoms with van der Waals surface area (Å²) in [6.07, 6.45) is 2.25. The molecule has 5 rings (SSSR count). The minimum atomic E-state index is -0.390. The van der Waals surface area contributed by atoms with Gasteiger partial charge in [-0.1, -0.05) is 91.3 Å². The van der Waals surface area contributed by atoms with Crippen LogP contribution in [0.2, 0.25) is 5.02 Å². The van der Waals surface area contributed by atoms with Crippen LogP contribution in [-0.2, 0) is 16.1 Å². The molecule has 1 aliphatic heterocycles. The van der Waals surface area contributed by atoms with Crippen molar-refractivity contribution in [2.45, 2.75) is 50.8 Å². The molecule has 0 saturated carbocycles. The number of hydrogen-bond acceptors (Lipinski definition) is 4. The molecule has 3 atom stereocenters. The maximum Gasteiger partial charge on any atom is 0.251 e. The first-order chi connectivity index (χ1) is 21.0. The van der Waals surface area contributed by atoms with Crippen LogP contribution in [0.4, 0.5) is 0 Å². The van der Waals surface area contributed by atoms with Gasteiger partial charge in [-0.3, -0.25) is 9.59 Å². The molecule has 1 aliphatic rings. The van der Waals surface area contributed by atoms with Gasteiger partial charge in [0.1, 0.15) is 0 Å². The van der Waals surface area contributed by atoms with Gasteiger partial charge in [-0.15, -0.1) is 0 Å². The van der Waals surface area contributed by atoms with Gasteiger partial charge < -0.3 is 20.3 Å². The zero-order valence-electron chi connectivity index (χ0n) is 24.7. The van der Waals surface area contributed by atoms with E-state index >= 15 is 0 Å². The fraction of sp³-hybridized carbons (Fsp3) is 0.333. The van der Waals surface area contributed by atoms with Gasteiger partial charge in [-0.25, -0.2) is 0 Å². The molecule has 0 aliphatic carbocycles. The predicted octanol–water partition coefficient (Wildman–Crippen LogP) is 6.58. The fourth-order valence-electron chi connectivity index (χ4n) is 5.73. The molecule has 6 nitrogen and oxygen atoms in total. The zero-order valence-corrected chi connectivity index (χ0v) is 25.4. The van der Waals surface area contributed by atoms with Crippen LogP contribution in [0, 0.1) is 0 Å². The van der Waals surface area contributed by atoms with Crippen molar-refractivity contribution in [1.82, 2.24) is 15.5 Å². The highest BCUT2D eigenvalue weighted by Gasteiger charge is 2.32. The summed E-state index contributed by atoms with van der Waals surface area (Å²) in [6.45, 7) is 4.87. The van der Waals surface area contributed by atoms with E-state index in [0.717, 1.165) is 29.2 Å². The maximum absolute atomic E-state index is 13.9. The molecule has 1 fully saturated rings. The minimum absolute atomic E-state index is 0.0481. The van der Waals surface area contributed by atoms with Gasteiger partial charge in [-0.05, 0) is 65.4 Å². The lowest BCUT2D eigenvalue weighted by Crippen LogP contribution is -2.49. The first kappa shape index (κ1) is 30.7. The summed E-state index contributed by atoms with van der Waals surface area (Å²) in [6, 6.07) is 31.3. The zero-order chi connectivity index (χ0) is 30.0. The van der Waals surface area contributed by atoms with E-state index in [2.05, 4.69) is 41.8 Å². The largest absolute Gasteiger partial charge is 0.377 e. The summed E-state index contributed by atoms with van der Waals surface area (Å²) in [5, 5.41) is 9.29. The third-order valence-corrected chi connectivity index (χ3v) is 8.47. The third-order valence-electron chi connectivity index (χ3n) is 8.23. The number of rotatable bonds is 12. The Bertz CT molecular complexity index is 1500. The van der Waals surface area contributed by atoms with Gasteiger partial charge >= 0.3 is 0 Å². The predicted molar refractivity (Wildman–Crippen MR) is 173 cm³/mol. The molecule has 1 heterocycles. The number of hydrogen-bond donors (Lipinski definition) is 2. The van der Waals surface area contributed by atoms with E-state index in [1.165, 1.54) is 5.56 Å². The van der Waals surface area contributed by atoms with Gasteiger partial charge in [0, 0.05) is 48.8 Å². The van der Waals surface area contributed by atoms with E-state index in [-0.39, 0.29) is 29.8 Å². The molecule has 1 saturated heterocycles.